The first-order chi connectivity index (χ1) is 6.37. The highest BCUT2D eigenvalue weighted by Crippen LogP contribution is 2.09. The topological polar surface area (TPSA) is 26.3 Å². The zero-order valence-electron chi connectivity index (χ0n) is 9.59. The van der Waals surface area contributed by atoms with Crippen LogP contribution in [0.1, 0.15) is 13.3 Å². The van der Waals surface area contributed by atoms with Gasteiger partial charge in [-0.3, -0.25) is 4.79 Å². The molecule has 0 N–H and O–H groups in total. The summed E-state index contributed by atoms with van der Waals surface area (Å²) in [5.74, 6) is 2.13. The van der Waals surface area contributed by atoms with E-state index in [9.17, 15) is 4.79 Å². The average molecular weight is 212 g/mol. The molecule has 0 radical (unpaired) electrons. The molecule has 0 aromatic rings. The molecule has 0 aliphatic rings. The van der Waals surface area contributed by atoms with Crippen LogP contribution >= 0.6 is 0 Å². The third-order valence-corrected chi connectivity index (χ3v) is 3.63. The first-order valence-electron chi connectivity index (χ1n) is 4.97. The number of esters is 1. The van der Waals surface area contributed by atoms with Crippen LogP contribution in [0.15, 0.2) is 0 Å². The standard InChI is InChI=1S/C11H20O2Si/c1-6-7-10(2)11(12)13-8-9-14(3,4)5/h1,10H,7-9H2,2-5H3/t10-/m1/s1. The monoisotopic (exact) mass is 212 g/mol. The lowest BCUT2D eigenvalue weighted by molar-refractivity contribution is -0.147. The molecule has 0 saturated carbocycles. The predicted molar refractivity (Wildman–Crippen MR) is 61.7 cm³/mol. The van der Waals surface area contributed by atoms with Gasteiger partial charge >= 0.3 is 5.97 Å². The average Bonchev–Trinajstić information content (AvgIpc) is 2.02. The van der Waals surface area contributed by atoms with Gasteiger partial charge < -0.3 is 4.74 Å². The van der Waals surface area contributed by atoms with Gasteiger partial charge in [0.05, 0.1) is 12.5 Å². The maximum Gasteiger partial charge on any atom is 0.309 e. The zero-order valence-corrected chi connectivity index (χ0v) is 10.6. The summed E-state index contributed by atoms with van der Waals surface area (Å²) < 4.78 is 5.13. The lowest BCUT2D eigenvalue weighted by atomic mass is 10.1. The molecule has 14 heavy (non-hydrogen) atoms. The van der Waals surface area contributed by atoms with Gasteiger partial charge in [0, 0.05) is 14.5 Å². The van der Waals surface area contributed by atoms with Crippen molar-refractivity contribution in [1.29, 1.82) is 0 Å². The molecule has 0 fully saturated rings. The minimum Gasteiger partial charge on any atom is -0.466 e. The van der Waals surface area contributed by atoms with Crippen LogP contribution in [0.5, 0.6) is 0 Å². The van der Waals surface area contributed by atoms with Crippen molar-refractivity contribution in [1.82, 2.24) is 0 Å². The Bertz CT molecular complexity index is 222. The van der Waals surface area contributed by atoms with Crippen molar-refractivity contribution in [3.05, 3.63) is 0 Å². The van der Waals surface area contributed by atoms with Crippen molar-refractivity contribution in [3.63, 3.8) is 0 Å². The Kier molecular flexibility index (Phi) is 5.55. The van der Waals surface area contributed by atoms with Crippen molar-refractivity contribution in [2.24, 2.45) is 5.92 Å². The van der Waals surface area contributed by atoms with Crippen molar-refractivity contribution in [3.8, 4) is 12.3 Å². The summed E-state index contributed by atoms with van der Waals surface area (Å²) in [6.07, 6.45) is 5.58. The Hall–Kier alpha value is -0.753. The fourth-order valence-electron chi connectivity index (χ4n) is 0.860. The molecule has 3 heteroatoms. The highest BCUT2D eigenvalue weighted by Gasteiger charge is 2.16. The Balaban J connectivity index is 3.71. The Morgan fingerprint density at radius 1 is 1.50 bits per heavy atom. The van der Waals surface area contributed by atoms with E-state index >= 15 is 0 Å². The van der Waals surface area contributed by atoms with E-state index in [0.717, 1.165) is 6.04 Å². The third kappa shape index (κ3) is 6.73. The molecule has 0 amide bonds. The fourth-order valence-corrected chi connectivity index (χ4v) is 1.57. The first kappa shape index (κ1) is 13.2. The Morgan fingerprint density at radius 2 is 2.07 bits per heavy atom. The number of carbonyl (C=O) groups is 1. The summed E-state index contributed by atoms with van der Waals surface area (Å²) in [4.78, 5) is 11.3. The number of carbonyl (C=O) groups excluding carboxylic acids is 1. The Morgan fingerprint density at radius 3 is 2.50 bits per heavy atom. The van der Waals surface area contributed by atoms with E-state index in [-0.39, 0.29) is 11.9 Å². The molecule has 2 nitrogen and oxygen atoms in total. The van der Waals surface area contributed by atoms with Crippen molar-refractivity contribution in [2.45, 2.75) is 39.0 Å². The van der Waals surface area contributed by atoms with E-state index in [1.54, 1.807) is 6.92 Å². The minimum absolute atomic E-state index is 0.165. The van der Waals surface area contributed by atoms with Gasteiger partial charge in [-0.1, -0.05) is 26.6 Å². The highest BCUT2D eigenvalue weighted by molar-refractivity contribution is 6.76. The van der Waals surface area contributed by atoms with Crippen molar-refractivity contribution < 1.29 is 9.53 Å². The smallest absolute Gasteiger partial charge is 0.309 e. The lowest BCUT2D eigenvalue weighted by Gasteiger charge is -2.16. The summed E-state index contributed by atoms with van der Waals surface area (Å²) >= 11 is 0. The van der Waals surface area contributed by atoms with Crippen LogP contribution in [0.3, 0.4) is 0 Å². The van der Waals surface area contributed by atoms with E-state index < -0.39 is 8.07 Å². The molecule has 80 valence electrons. The molecular formula is C11H20O2Si. The summed E-state index contributed by atoms with van der Waals surface area (Å²) in [6.45, 7) is 9.11. The third-order valence-electron chi connectivity index (χ3n) is 1.92. The number of terminal acetylenes is 1. The quantitative estimate of drug-likeness (QED) is 0.398. The second kappa shape index (κ2) is 5.87. The molecule has 0 aromatic carbocycles. The maximum atomic E-state index is 11.3. The van der Waals surface area contributed by atoms with Gasteiger partial charge in [-0.15, -0.1) is 12.3 Å². The molecule has 0 spiro atoms. The lowest BCUT2D eigenvalue weighted by Crippen LogP contribution is -2.24. The molecule has 0 aromatic heterocycles. The summed E-state index contributed by atoms with van der Waals surface area (Å²) in [7, 11) is -1.09. The van der Waals surface area contributed by atoms with Crippen molar-refractivity contribution >= 4 is 14.0 Å². The van der Waals surface area contributed by atoms with Gasteiger partial charge in [0.15, 0.2) is 0 Å². The highest BCUT2D eigenvalue weighted by atomic mass is 28.3. The van der Waals surface area contributed by atoms with Crippen LogP contribution in [0.2, 0.25) is 25.7 Å². The molecule has 0 heterocycles. The minimum atomic E-state index is -1.09. The summed E-state index contributed by atoms with van der Waals surface area (Å²) in [6, 6.07) is 1.02. The van der Waals surface area contributed by atoms with Crippen LogP contribution in [0.25, 0.3) is 0 Å². The molecule has 0 aliphatic carbocycles. The largest absolute Gasteiger partial charge is 0.466 e. The maximum absolute atomic E-state index is 11.3. The molecule has 0 unspecified atom stereocenters. The van der Waals surface area contributed by atoms with Crippen LogP contribution in [-0.2, 0) is 9.53 Å². The van der Waals surface area contributed by atoms with Gasteiger partial charge in [-0.25, -0.2) is 0 Å². The zero-order chi connectivity index (χ0) is 11.2. The van der Waals surface area contributed by atoms with E-state index in [4.69, 9.17) is 11.2 Å². The molecule has 0 saturated heterocycles. The first-order valence-corrected chi connectivity index (χ1v) is 8.67. The van der Waals surface area contributed by atoms with Gasteiger partial charge in [0.25, 0.3) is 0 Å². The van der Waals surface area contributed by atoms with Crippen molar-refractivity contribution in [2.75, 3.05) is 6.61 Å². The van der Waals surface area contributed by atoms with Crippen LogP contribution in [0, 0.1) is 18.3 Å². The SMILES string of the molecule is C#CC[C@@H](C)C(=O)OCC[Si](C)(C)C. The van der Waals surface area contributed by atoms with Gasteiger partial charge in [0.2, 0.25) is 0 Å². The molecule has 0 rings (SSSR count). The van der Waals surface area contributed by atoms with Crippen LogP contribution < -0.4 is 0 Å². The molecule has 1 atom stereocenters. The van der Waals surface area contributed by atoms with E-state index in [0.29, 0.717) is 13.0 Å². The second-order valence-corrected chi connectivity index (χ2v) is 10.4. The van der Waals surface area contributed by atoms with Gasteiger partial charge in [-0.2, -0.15) is 0 Å². The normalized spacial score (nSPS) is 13.1. The number of rotatable bonds is 5. The fraction of sp³-hybridized carbons (Fsp3) is 0.727. The number of ether oxygens (including phenoxy) is 1. The molecule has 0 bridgehead atoms. The van der Waals surface area contributed by atoms with Crippen LogP contribution in [-0.4, -0.2) is 20.7 Å². The molecule has 0 aliphatic heterocycles. The Labute approximate surface area is 88.0 Å². The summed E-state index contributed by atoms with van der Waals surface area (Å²) in [5.41, 5.74) is 0. The van der Waals surface area contributed by atoms with Gasteiger partial charge in [0.1, 0.15) is 0 Å². The second-order valence-electron chi connectivity index (χ2n) is 4.79. The number of hydrogen-bond donors (Lipinski definition) is 0. The van der Waals surface area contributed by atoms with E-state index in [1.807, 2.05) is 0 Å². The predicted octanol–water partition coefficient (Wildman–Crippen LogP) is 2.53. The van der Waals surface area contributed by atoms with E-state index in [1.165, 1.54) is 0 Å². The summed E-state index contributed by atoms with van der Waals surface area (Å²) in [5, 5.41) is 0. The van der Waals surface area contributed by atoms with Crippen LogP contribution in [0.4, 0.5) is 0 Å². The molecular weight excluding hydrogens is 192 g/mol. The number of hydrogen-bond acceptors (Lipinski definition) is 2. The van der Waals surface area contributed by atoms with Gasteiger partial charge in [-0.05, 0) is 6.04 Å². The van der Waals surface area contributed by atoms with E-state index in [2.05, 4.69) is 25.6 Å².